The van der Waals surface area contributed by atoms with E-state index < -0.39 is 5.91 Å². The second-order valence-electron chi connectivity index (χ2n) is 4.16. The number of nitrogens with one attached hydrogen (secondary N) is 1. The van der Waals surface area contributed by atoms with Gasteiger partial charge < -0.3 is 11.1 Å². The summed E-state index contributed by atoms with van der Waals surface area (Å²) in [5, 5.41) is 3.24. The fraction of sp³-hybridized carbons (Fsp3) is 0.417. The minimum atomic E-state index is -0.403. The second-order valence-corrected chi connectivity index (χ2v) is 5.08. The topological polar surface area (TPSA) is 55.1 Å². The molecular formula is C12H17BrN2O. The highest BCUT2D eigenvalue weighted by atomic mass is 79.9. The largest absolute Gasteiger partial charge is 0.384 e. The second kappa shape index (κ2) is 5.89. The van der Waals surface area contributed by atoms with Gasteiger partial charge in [-0.2, -0.15) is 0 Å². The van der Waals surface area contributed by atoms with Gasteiger partial charge in [-0.05, 0) is 30.5 Å². The molecule has 3 nitrogen and oxygen atoms in total. The average molecular weight is 285 g/mol. The van der Waals surface area contributed by atoms with Crippen molar-refractivity contribution in [3.63, 3.8) is 0 Å². The fourth-order valence-corrected chi connectivity index (χ4v) is 1.73. The predicted octanol–water partition coefficient (Wildman–Crippen LogP) is 3.01. The van der Waals surface area contributed by atoms with E-state index >= 15 is 0 Å². The number of primary amides is 1. The van der Waals surface area contributed by atoms with Crippen LogP contribution in [0.2, 0.25) is 0 Å². The molecule has 3 N–H and O–H groups in total. The molecule has 1 aromatic rings. The number of carbonyl (C=O) groups excluding carboxylic acids is 1. The smallest absolute Gasteiger partial charge is 0.250 e. The highest BCUT2D eigenvalue weighted by Gasteiger charge is 2.08. The van der Waals surface area contributed by atoms with E-state index in [1.54, 1.807) is 6.07 Å². The van der Waals surface area contributed by atoms with Gasteiger partial charge in [-0.3, -0.25) is 4.79 Å². The van der Waals surface area contributed by atoms with Crippen LogP contribution in [0.5, 0.6) is 0 Å². The van der Waals surface area contributed by atoms with Crippen molar-refractivity contribution in [2.24, 2.45) is 11.7 Å². The van der Waals surface area contributed by atoms with Crippen LogP contribution in [0.3, 0.4) is 0 Å². The first-order valence-corrected chi connectivity index (χ1v) is 6.13. The van der Waals surface area contributed by atoms with Crippen molar-refractivity contribution in [3.8, 4) is 0 Å². The van der Waals surface area contributed by atoms with Gasteiger partial charge in [-0.25, -0.2) is 0 Å². The molecule has 0 saturated carbocycles. The van der Waals surface area contributed by atoms with Crippen LogP contribution in [0.4, 0.5) is 5.69 Å². The van der Waals surface area contributed by atoms with Gasteiger partial charge in [0.05, 0.1) is 5.56 Å². The quantitative estimate of drug-likeness (QED) is 0.873. The van der Waals surface area contributed by atoms with Gasteiger partial charge in [0, 0.05) is 16.7 Å². The highest BCUT2D eigenvalue weighted by Crippen LogP contribution is 2.21. The van der Waals surface area contributed by atoms with Crippen LogP contribution in [0.1, 0.15) is 30.6 Å². The Balaban J connectivity index is 2.76. The van der Waals surface area contributed by atoms with Crippen LogP contribution < -0.4 is 11.1 Å². The first-order chi connectivity index (χ1) is 7.50. The Labute approximate surface area is 105 Å². The molecule has 0 radical (unpaired) electrons. The van der Waals surface area contributed by atoms with E-state index in [-0.39, 0.29) is 0 Å². The van der Waals surface area contributed by atoms with E-state index in [1.807, 2.05) is 12.1 Å². The summed E-state index contributed by atoms with van der Waals surface area (Å²) in [5.41, 5.74) is 6.63. The van der Waals surface area contributed by atoms with Crippen LogP contribution in [0.15, 0.2) is 22.7 Å². The lowest BCUT2D eigenvalue weighted by Crippen LogP contribution is -2.15. The van der Waals surface area contributed by atoms with Gasteiger partial charge in [-0.1, -0.05) is 29.8 Å². The summed E-state index contributed by atoms with van der Waals surface area (Å²) in [7, 11) is 0. The van der Waals surface area contributed by atoms with Crippen molar-refractivity contribution >= 4 is 27.5 Å². The molecule has 1 aromatic carbocycles. The van der Waals surface area contributed by atoms with E-state index in [4.69, 9.17) is 5.73 Å². The van der Waals surface area contributed by atoms with Crippen LogP contribution in [-0.2, 0) is 0 Å². The average Bonchev–Trinajstić information content (AvgIpc) is 2.16. The molecule has 0 bridgehead atoms. The maximum atomic E-state index is 11.2. The molecule has 0 aliphatic heterocycles. The minimum absolute atomic E-state index is 0.403. The third kappa shape index (κ3) is 3.85. The van der Waals surface area contributed by atoms with Gasteiger partial charge in [0.25, 0.3) is 5.91 Å². The third-order valence-corrected chi connectivity index (χ3v) is 2.78. The predicted molar refractivity (Wildman–Crippen MR) is 70.6 cm³/mol. The standard InChI is InChI=1S/C12H17BrN2O/c1-8(2)5-6-15-11-7-9(13)3-4-10(11)12(14)16/h3-4,7-8,15H,5-6H2,1-2H3,(H2,14,16). The summed E-state index contributed by atoms with van der Waals surface area (Å²) in [5.74, 6) is 0.233. The Bertz CT molecular complexity index is 377. The van der Waals surface area contributed by atoms with Crippen LogP contribution >= 0.6 is 15.9 Å². The maximum absolute atomic E-state index is 11.2. The molecule has 16 heavy (non-hydrogen) atoms. The summed E-state index contributed by atoms with van der Waals surface area (Å²) in [6.07, 6.45) is 1.06. The number of amides is 1. The van der Waals surface area contributed by atoms with Gasteiger partial charge in [-0.15, -0.1) is 0 Å². The monoisotopic (exact) mass is 284 g/mol. The zero-order valence-corrected chi connectivity index (χ0v) is 11.2. The Morgan fingerprint density at radius 1 is 1.50 bits per heavy atom. The van der Waals surface area contributed by atoms with Crippen molar-refractivity contribution in [2.45, 2.75) is 20.3 Å². The summed E-state index contributed by atoms with van der Waals surface area (Å²) >= 11 is 3.37. The molecule has 0 aliphatic carbocycles. The maximum Gasteiger partial charge on any atom is 0.250 e. The molecule has 0 spiro atoms. The third-order valence-electron chi connectivity index (χ3n) is 2.28. The van der Waals surface area contributed by atoms with Crippen LogP contribution in [-0.4, -0.2) is 12.5 Å². The molecule has 0 aliphatic rings. The number of benzene rings is 1. The Morgan fingerprint density at radius 3 is 2.75 bits per heavy atom. The molecule has 0 heterocycles. The molecule has 0 fully saturated rings. The molecular weight excluding hydrogens is 268 g/mol. The first kappa shape index (κ1) is 13.0. The van der Waals surface area contributed by atoms with E-state index in [0.29, 0.717) is 11.5 Å². The highest BCUT2D eigenvalue weighted by molar-refractivity contribution is 9.10. The van der Waals surface area contributed by atoms with Gasteiger partial charge >= 0.3 is 0 Å². The lowest BCUT2D eigenvalue weighted by Gasteiger charge is -2.11. The molecule has 1 rings (SSSR count). The lowest BCUT2D eigenvalue weighted by molar-refractivity contribution is 0.100. The van der Waals surface area contributed by atoms with E-state index in [1.165, 1.54) is 0 Å². The number of carbonyl (C=O) groups is 1. The first-order valence-electron chi connectivity index (χ1n) is 5.34. The fourth-order valence-electron chi connectivity index (χ4n) is 1.37. The number of anilines is 1. The summed E-state index contributed by atoms with van der Waals surface area (Å²) in [6.45, 7) is 5.17. The lowest BCUT2D eigenvalue weighted by atomic mass is 10.1. The molecule has 0 atom stereocenters. The minimum Gasteiger partial charge on any atom is -0.384 e. The number of hydrogen-bond acceptors (Lipinski definition) is 2. The van der Waals surface area contributed by atoms with E-state index in [9.17, 15) is 4.79 Å². The number of halogens is 1. The number of rotatable bonds is 5. The Morgan fingerprint density at radius 2 is 2.19 bits per heavy atom. The Hall–Kier alpha value is -1.03. The van der Waals surface area contributed by atoms with Crippen molar-refractivity contribution in [2.75, 3.05) is 11.9 Å². The molecule has 88 valence electrons. The van der Waals surface area contributed by atoms with E-state index in [0.717, 1.165) is 23.1 Å². The van der Waals surface area contributed by atoms with Crippen LogP contribution in [0, 0.1) is 5.92 Å². The van der Waals surface area contributed by atoms with Crippen molar-refractivity contribution in [1.82, 2.24) is 0 Å². The van der Waals surface area contributed by atoms with Crippen molar-refractivity contribution in [3.05, 3.63) is 28.2 Å². The normalized spacial score (nSPS) is 10.5. The molecule has 0 aromatic heterocycles. The van der Waals surface area contributed by atoms with Gasteiger partial charge in [0.15, 0.2) is 0 Å². The van der Waals surface area contributed by atoms with Crippen molar-refractivity contribution in [1.29, 1.82) is 0 Å². The molecule has 0 saturated heterocycles. The number of hydrogen-bond donors (Lipinski definition) is 2. The van der Waals surface area contributed by atoms with E-state index in [2.05, 4.69) is 35.1 Å². The SMILES string of the molecule is CC(C)CCNc1cc(Br)ccc1C(N)=O. The molecule has 4 heteroatoms. The van der Waals surface area contributed by atoms with Gasteiger partial charge in [0.2, 0.25) is 0 Å². The molecule has 0 unspecified atom stereocenters. The van der Waals surface area contributed by atoms with Crippen molar-refractivity contribution < 1.29 is 4.79 Å². The molecule has 1 amide bonds. The zero-order chi connectivity index (χ0) is 12.1. The summed E-state index contributed by atoms with van der Waals surface area (Å²) in [6, 6.07) is 5.41. The van der Waals surface area contributed by atoms with Gasteiger partial charge in [0.1, 0.15) is 0 Å². The number of nitrogens with two attached hydrogens (primary N) is 1. The Kier molecular flexibility index (Phi) is 4.80. The summed E-state index contributed by atoms with van der Waals surface area (Å²) in [4.78, 5) is 11.2. The van der Waals surface area contributed by atoms with Crippen LogP contribution in [0.25, 0.3) is 0 Å². The zero-order valence-electron chi connectivity index (χ0n) is 9.59. The summed E-state index contributed by atoms with van der Waals surface area (Å²) < 4.78 is 0.935.